The molecule has 0 spiro atoms. The average Bonchev–Trinajstić information content (AvgIpc) is 2.49. The van der Waals surface area contributed by atoms with Gasteiger partial charge in [-0.1, -0.05) is 6.07 Å². The van der Waals surface area contributed by atoms with Crippen molar-refractivity contribution in [3.63, 3.8) is 0 Å². The predicted molar refractivity (Wildman–Crippen MR) is 100 cm³/mol. The average molecular weight is 398 g/mol. The fourth-order valence-corrected chi connectivity index (χ4v) is 2.78. The second kappa shape index (κ2) is 8.51. The minimum Gasteiger partial charge on any atom is -0.452 e. The Kier molecular flexibility index (Phi) is 7.13. The van der Waals surface area contributed by atoms with E-state index in [0.29, 0.717) is 5.56 Å². The van der Waals surface area contributed by atoms with E-state index in [9.17, 15) is 22.8 Å². The van der Waals surface area contributed by atoms with Crippen LogP contribution >= 0.6 is 0 Å². The highest BCUT2D eigenvalue weighted by Gasteiger charge is 2.20. The molecule has 0 atom stereocenters. The molecule has 1 N–H and O–H groups in total. The second-order valence-electron chi connectivity index (χ2n) is 7.37. The van der Waals surface area contributed by atoms with Crippen LogP contribution in [0.3, 0.4) is 0 Å². The highest BCUT2D eigenvalue weighted by molar-refractivity contribution is 7.90. The van der Waals surface area contributed by atoms with Gasteiger partial charge in [-0.3, -0.25) is 9.59 Å². The molecule has 0 heterocycles. The zero-order valence-corrected chi connectivity index (χ0v) is 17.3. The van der Waals surface area contributed by atoms with Crippen molar-refractivity contribution in [1.29, 1.82) is 0 Å². The van der Waals surface area contributed by atoms with Crippen molar-refractivity contribution in [3.05, 3.63) is 29.3 Å². The van der Waals surface area contributed by atoms with Gasteiger partial charge in [-0.05, 0) is 45.4 Å². The molecule has 1 rings (SSSR count). The third-order valence-corrected chi connectivity index (χ3v) is 4.62. The first kappa shape index (κ1) is 22.6. The largest absolute Gasteiger partial charge is 0.452 e. The topological polar surface area (TPSA) is 110 Å². The number of hydrogen-bond acceptors (Lipinski definition) is 6. The van der Waals surface area contributed by atoms with Crippen LogP contribution in [0.2, 0.25) is 0 Å². The number of nitrogens with one attached hydrogen (secondary N) is 1. The van der Waals surface area contributed by atoms with E-state index in [1.807, 2.05) is 20.8 Å². The summed E-state index contributed by atoms with van der Waals surface area (Å²) in [6.07, 6.45) is 1.04. The van der Waals surface area contributed by atoms with Gasteiger partial charge in [0.25, 0.3) is 5.91 Å². The summed E-state index contributed by atoms with van der Waals surface area (Å²) >= 11 is 0. The van der Waals surface area contributed by atoms with Gasteiger partial charge in [0.15, 0.2) is 16.4 Å². The number of sulfone groups is 1. The number of carbonyl (C=O) groups excluding carboxylic acids is 3. The molecular formula is C18H26N2O6S. The molecule has 8 nitrogen and oxygen atoms in total. The Morgan fingerprint density at radius 3 is 2.30 bits per heavy atom. The molecule has 0 aliphatic heterocycles. The molecule has 0 saturated carbocycles. The predicted octanol–water partition coefficient (Wildman–Crippen LogP) is 0.928. The number of amides is 2. The van der Waals surface area contributed by atoms with Crippen molar-refractivity contribution in [3.8, 4) is 0 Å². The normalized spacial score (nSPS) is 11.6. The van der Waals surface area contributed by atoms with Gasteiger partial charge in [0.2, 0.25) is 5.91 Å². The molecule has 0 saturated heterocycles. The minimum absolute atomic E-state index is 0.0117. The van der Waals surface area contributed by atoms with Gasteiger partial charge < -0.3 is 15.0 Å². The van der Waals surface area contributed by atoms with E-state index in [0.717, 1.165) is 11.2 Å². The van der Waals surface area contributed by atoms with E-state index in [-0.39, 0.29) is 22.9 Å². The third kappa shape index (κ3) is 7.38. The van der Waals surface area contributed by atoms with Crippen LogP contribution in [0.4, 0.5) is 0 Å². The van der Waals surface area contributed by atoms with E-state index in [4.69, 9.17) is 4.74 Å². The Morgan fingerprint density at radius 1 is 1.19 bits per heavy atom. The Bertz CT molecular complexity index is 840. The summed E-state index contributed by atoms with van der Waals surface area (Å²) in [6, 6.07) is 4.12. The summed E-state index contributed by atoms with van der Waals surface area (Å²) in [5.41, 5.74) is 0.173. The first-order chi connectivity index (χ1) is 12.2. The molecular weight excluding hydrogens is 372 g/mol. The van der Waals surface area contributed by atoms with Crippen LogP contribution in [0.15, 0.2) is 23.1 Å². The smallest absolute Gasteiger partial charge is 0.338 e. The molecule has 0 aliphatic rings. The van der Waals surface area contributed by atoms with Crippen LogP contribution in [0.1, 0.15) is 36.7 Å². The van der Waals surface area contributed by atoms with E-state index < -0.39 is 33.9 Å². The maximum atomic E-state index is 12.2. The molecule has 9 heteroatoms. The first-order valence-electron chi connectivity index (χ1n) is 8.23. The van der Waals surface area contributed by atoms with Gasteiger partial charge in [0.1, 0.15) is 0 Å². The van der Waals surface area contributed by atoms with Gasteiger partial charge in [0, 0.05) is 18.8 Å². The monoisotopic (exact) mass is 398 g/mol. The van der Waals surface area contributed by atoms with Crippen molar-refractivity contribution < 1.29 is 27.5 Å². The van der Waals surface area contributed by atoms with Crippen LogP contribution in [0, 0.1) is 6.92 Å². The maximum absolute atomic E-state index is 12.2. The van der Waals surface area contributed by atoms with Gasteiger partial charge >= 0.3 is 5.97 Å². The molecule has 0 bridgehead atoms. The van der Waals surface area contributed by atoms with Gasteiger partial charge in [-0.2, -0.15) is 0 Å². The number of likely N-dealkylation sites (N-methyl/N-ethyl adjacent to an activating group) is 1. The van der Waals surface area contributed by atoms with Crippen molar-refractivity contribution >= 4 is 27.6 Å². The van der Waals surface area contributed by atoms with Crippen molar-refractivity contribution in [2.75, 3.05) is 26.5 Å². The number of ether oxygens (including phenoxy) is 1. The number of carbonyl (C=O) groups is 3. The molecule has 0 aromatic heterocycles. The zero-order valence-electron chi connectivity index (χ0n) is 16.5. The molecule has 0 radical (unpaired) electrons. The number of nitrogens with zero attached hydrogens (tertiary/aromatic N) is 1. The second-order valence-corrected chi connectivity index (χ2v) is 9.39. The Balaban J connectivity index is 2.71. The fourth-order valence-electron chi connectivity index (χ4n) is 2.13. The molecule has 0 unspecified atom stereocenters. The Hall–Kier alpha value is -2.42. The fraction of sp³-hybridized carbons (Fsp3) is 0.500. The standard InChI is InChI=1S/C18H26N2O6S/c1-12-7-8-13(27(6,24)25)9-14(12)17(23)26-11-16(22)20(5)10-15(21)19-18(2,3)4/h7-9H,10-11H2,1-6H3,(H,19,21). The van der Waals surface area contributed by atoms with Crippen LogP contribution < -0.4 is 5.32 Å². The summed E-state index contributed by atoms with van der Waals surface area (Å²) < 4.78 is 28.2. The lowest BCUT2D eigenvalue weighted by molar-refractivity contribution is -0.137. The SMILES string of the molecule is Cc1ccc(S(C)(=O)=O)cc1C(=O)OCC(=O)N(C)CC(=O)NC(C)(C)C. The summed E-state index contributed by atoms with van der Waals surface area (Å²) in [4.78, 5) is 37.3. The third-order valence-electron chi connectivity index (χ3n) is 3.50. The van der Waals surface area contributed by atoms with Crippen molar-refractivity contribution in [2.45, 2.75) is 38.1 Å². The number of benzene rings is 1. The zero-order chi connectivity index (χ0) is 21.0. The Labute approximate surface area is 159 Å². The van der Waals surface area contributed by atoms with Crippen LogP contribution in [0.5, 0.6) is 0 Å². The van der Waals surface area contributed by atoms with E-state index in [1.54, 1.807) is 6.92 Å². The summed E-state index contributed by atoms with van der Waals surface area (Å²) in [5.74, 6) is -1.69. The first-order valence-corrected chi connectivity index (χ1v) is 10.1. The minimum atomic E-state index is -3.48. The molecule has 1 aromatic rings. The van der Waals surface area contributed by atoms with Crippen molar-refractivity contribution in [2.24, 2.45) is 0 Å². The highest BCUT2D eigenvalue weighted by Crippen LogP contribution is 2.16. The lowest BCUT2D eigenvalue weighted by atomic mass is 10.1. The maximum Gasteiger partial charge on any atom is 0.338 e. The van der Waals surface area contributed by atoms with E-state index >= 15 is 0 Å². The summed E-state index contributed by atoms with van der Waals surface area (Å²) in [5, 5.41) is 2.73. The van der Waals surface area contributed by atoms with Crippen LogP contribution in [0.25, 0.3) is 0 Å². The molecule has 2 amide bonds. The summed E-state index contributed by atoms with van der Waals surface area (Å²) in [7, 11) is -2.05. The van der Waals surface area contributed by atoms with E-state index in [2.05, 4.69) is 5.32 Å². The molecule has 1 aromatic carbocycles. The van der Waals surface area contributed by atoms with E-state index in [1.165, 1.54) is 25.2 Å². The molecule has 0 aliphatic carbocycles. The van der Waals surface area contributed by atoms with Crippen LogP contribution in [-0.4, -0.2) is 63.1 Å². The molecule has 150 valence electrons. The molecule has 0 fully saturated rings. The van der Waals surface area contributed by atoms with Gasteiger partial charge in [0.05, 0.1) is 17.0 Å². The number of aryl methyl sites for hydroxylation is 1. The van der Waals surface area contributed by atoms with Gasteiger partial charge in [-0.15, -0.1) is 0 Å². The number of esters is 1. The number of rotatable bonds is 6. The molecule has 27 heavy (non-hydrogen) atoms. The lowest BCUT2D eigenvalue weighted by Crippen LogP contribution is -2.46. The summed E-state index contributed by atoms with van der Waals surface area (Å²) in [6.45, 7) is 6.37. The number of hydrogen-bond donors (Lipinski definition) is 1. The van der Waals surface area contributed by atoms with Gasteiger partial charge in [-0.25, -0.2) is 13.2 Å². The quantitative estimate of drug-likeness (QED) is 0.714. The lowest BCUT2D eigenvalue weighted by Gasteiger charge is -2.23. The van der Waals surface area contributed by atoms with Crippen LogP contribution in [-0.2, 0) is 24.2 Å². The Morgan fingerprint density at radius 2 is 1.78 bits per heavy atom. The van der Waals surface area contributed by atoms with Crippen molar-refractivity contribution in [1.82, 2.24) is 10.2 Å². The highest BCUT2D eigenvalue weighted by atomic mass is 32.2.